The van der Waals surface area contributed by atoms with E-state index in [2.05, 4.69) is 19.1 Å². The van der Waals surface area contributed by atoms with Crippen molar-refractivity contribution in [3.63, 3.8) is 0 Å². The van der Waals surface area contributed by atoms with Gasteiger partial charge in [-0.2, -0.15) is 0 Å². The second-order valence-corrected chi connectivity index (χ2v) is 5.25. The molecule has 0 aliphatic carbocycles. The molecule has 0 heterocycles. The summed E-state index contributed by atoms with van der Waals surface area (Å²) in [5, 5.41) is 10.3. The van der Waals surface area contributed by atoms with E-state index in [1.54, 1.807) is 6.92 Å². The highest BCUT2D eigenvalue weighted by Gasteiger charge is 2.24. The minimum absolute atomic E-state index is 0.151. The van der Waals surface area contributed by atoms with Gasteiger partial charge in [0, 0.05) is 12.1 Å². The molecule has 0 aliphatic rings. The molecule has 0 aliphatic heterocycles. The summed E-state index contributed by atoms with van der Waals surface area (Å²) in [4.78, 5) is 0. The molecule has 2 rings (SSSR count). The molecule has 0 aromatic heterocycles. The van der Waals surface area contributed by atoms with Gasteiger partial charge in [-0.15, -0.1) is 0 Å². The molecule has 1 atom stereocenters. The summed E-state index contributed by atoms with van der Waals surface area (Å²) in [7, 11) is 0. The molecule has 2 aromatic carbocycles. The van der Waals surface area contributed by atoms with Crippen LogP contribution in [0.2, 0.25) is 0 Å². The van der Waals surface area contributed by atoms with Gasteiger partial charge in [-0.1, -0.05) is 48.0 Å². The summed E-state index contributed by atoms with van der Waals surface area (Å²) in [6.07, 6.45) is 0. The summed E-state index contributed by atoms with van der Waals surface area (Å²) in [5.74, 6) is 0.670. The van der Waals surface area contributed by atoms with Gasteiger partial charge in [-0.3, -0.25) is 0 Å². The molecular weight excluding hydrogens is 250 g/mol. The molecule has 20 heavy (non-hydrogen) atoms. The van der Waals surface area contributed by atoms with E-state index in [9.17, 15) is 5.11 Å². The van der Waals surface area contributed by atoms with E-state index >= 15 is 0 Å². The fraction of sp³-hybridized carbons (Fsp3) is 0.294. The lowest BCUT2D eigenvalue weighted by molar-refractivity contribution is 0.0629. The van der Waals surface area contributed by atoms with Crippen molar-refractivity contribution < 1.29 is 9.84 Å². The van der Waals surface area contributed by atoms with Gasteiger partial charge < -0.3 is 15.6 Å². The number of ether oxygens (including phenoxy) is 1. The van der Waals surface area contributed by atoms with Crippen LogP contribution >= 0.6 is 0 Å². The summed E-state index contributed by atoms with van der Waals surface area (Å²) >= 11 is 0. The largest absolute Gasteiger partial charge is 0.489 e. The van der Waals surface area contributed by atoms with Crippen LogP contribution in [0.4, 0.5) is 0 Å². The quantitative estimate of drug-likeness (QED) is 0.879. The maximum Gasteiger partial charge on any atom is 0.125 e. The number of aliphatic hydroxyl groups is 1. The van der Waals surface area contributed by atoms with Crippen molar-refractivity contribution in [1.82, 2.24) is 0 Å². The van der Waals surface area contributed by atoms with E-state index in [1.165, 1.54) is 5.56 Å². The maximum absolute atomic E-state index is 10.3. The van der Waals surface area contributed by atoms with Gasteiger partial charge in [0.1, 0.15) is 18.0 Å². The Kier molecular flexibility index (Phi) is 4.42. The zero-order valence-electron chi connectivity index (χ0n) is 12.0. The number of aryl methyl sites for hydroxylation is 1. The molecule has 0 saturated carbocycles. The Bertz CT molecular complexity index is 561. The van der Waals surface area contributed by atoms with Crippen molar-refractivity contribution >= 4 is 0 Å². The second-order valence-electron chi connectivity index (χ2n) is 5.25. The van der Waals surface area contributed by atoms with E-state index in [4.69, 9.17) is 10.5 Å². The Morgan fingerprint density at radius 2 is 1.75 bits per heavy atom. The maximum atomic E-state index is 10.3. The van der Waals surface area contributed by atoms with Gasteiger partial charge in [-0.25, -0.2) is 0 Å². The van der Waals surface area contributed by atoms with Gasteiger partial charge in [0.15, 0.2) is 0 Å². The van der Waals surface area contributed by atoms with Gasteiger partial charge >= 0.3 is 0 Å². The molecule has 3 heteroatoms. The monoisotopic (exact) mass is 271 g/mol. The van der Waals surface area contributed by atoms with Crippen molar-refractivity contribution in [2.45, 2.75) is 26.1 Å². The lowest BCUT2D eigenvalue weighted by atomic mass is 9.95. The van der Waals surface area contributed by atoms with E-state index in [-0.39, 0.29) is 6.54 Å². The van der Waals surface area contributed by atoms with Crippen LogP contribution in [0, 0.1) is 6.92 Å². The third-order valence-electron chi connectivity index (χ3n) is 3.38. The van der Waals surface area contributed by atoms with Crippen LogP contribution in [-0.4, -0.2) is 11.7 Å². The first-order chi connectivity index (χ1) is 9.53. The average molecular weight is 271 g/mol. The zero-order valence-corrected chi connectivity index (χ0v) is 12.0. The van der Waals surface area contributed by atoms with Crippen molar-refractivity contribution in [3.8, 4) is 5.75 Å². The van der Waals surface area contributed by atoms with Crippen LogP contribution in [0.3, 0.4) is 0 Å². The first-order valence-corrected chi connectivity index (χ1v) is 6.73. The number of rotatable bonds is 5. The number of para-hydroxylation sites is 1. The highest BCUT2D eigenvalue weighted by Crippen LogP contribution is 2.29. The first-order valence-electron chi connectivity index (χ1n) is 6.73. The van der Waals surface area contributed by atoms with Gasteiger partial charge in [0.2, 0.25) is 0 Å². The van der Waals surface area contributed by atoms with Crippen LogP contribution in [0.15, 0.2) is 48.5 Å². The van der Waals surface area contributed by atoms with Gasteiger partial charge in [0.25, 0.3) is 0 Å². The van der Waals surface area contributed by atoms with Crippen LogP contribution in [0.5, 0.6) is 5.75 Å². The molecule has 2 aromatic rings. The Balaban J connectivity index is 2.16. The van der Waals surface area contributed by atoms with E-state index in [0.717, 1.165) is 11.1 Å². The van der Waals surface area contributed by atoms with Crippen LogP contribution in [-0.2, 0) is 12.2 Å². The minimum atomic E-state index is -1.08. The first kappa shape index (κ1) is 14.6. The van der Waals surface area contributed by atoms with Crippen molar-refractivity contribution in [1.29, 1.82) is 0 Å². The van der Waals surface area contributed by atoms with E-state index < -0.39 is 5.60 Å². The molecular formula is C17H21NO2. The topological polar surface area (TPSA) is 55.5 Å². The highest BCUT2D eigenvalue weighted by atomic mass is 16.5. The van der Waals surface area contributed by atoms with Crippen LogP contribution in [0.25, 0.3) is 0 Å². The molecule has 0 saturated heterocycles. The van der Waals surface area contributed by atoms with E-state index in [1.807, 2.05) is 36.4 Å². The number of hydrogen-bond acceptors (Lipinski definition) is 3. The Morgan fingerprint density at radius 1 is 1.10 bits per heavy atom. The lowest BCUT2D eigenvalue weighted by Gasteiger charge is -2.24. The van der Waals surface area contributed by atoms with Crippen LogP contribution in [0.1, 0.15) is 23.6 Å². The number of nitrogens with two attached hydrogens (primary N) is 1. The SMILES string of the molecule is Cc1ccc(COc2ccccc2C(C)(O)CN)cc1. The number of benzene rings is 2. The minimum Gasteiger partial charge on any atom is -0.489 e. The Labute approximate surface area is 120 Å². The zero-order chi connectivity index (χ0) is 14.6. The summed E-state index contributed by atoms with van der Waals surface area (Å²) in [6, 6.07) is 15.7. The predicted molar refractivity (Wildman–Crippen MR) is 80.6 cm³/mol. The summed E-state index contributed by atoms with van der Waals surface area (Å²) in [5.41, 5.74) is 7.58. The second kappa shape index (κ2) is 6.07. The van der Waals surface area contributed by atoms with Gasteiger partial charge in [0.05, 0.1) is 0 Å². The average Bonchev–Trinajstić information content (AvgIpc) is 2.47. The summed E-state index contributed by atoms with van der Waals surface area (Å²) in [6.45, 7) is 4.37. The Morgan fingerprint density at radius 3 is 2.40 bits per heavy atom. The molecule has 106 valence electrons. The van der Waals surface area contributed by atoms with Crippen molar-refractivity contribution in [2.24, 2.45) is 5.73 Å². The molecule has 3 nitrogen and oxygen atoms in total. The van der Waals surface area contributed by atoms with Crippen molar-refractivity contribution in [3.05, 3.63) is 65.2 Å². The predicted octanol–water partition coefficient (Wildman–Crippen LogP) is 2.74. The third kappa shape index (κ3) is 3.38. The normalized spacial score (nSPS) is 13.8. The standard InChI is InChI=1S/C17H21NO2/c1-13-7-9-14(10-8-13)11-20-16-6-4-3-5-15(16)17(2,19)12-18/h3-10,19H,11-12,18H2,1-2H3. The smallest absolute Gasteiger partial charge is 0.125 e. The highest BCUT2D eigenvalue weighted by molar-refractivity contribution is 5.38. The lowest BCUT2D eigenvalue weighted by Crippen LogP contribution is -2.31. The van der Waals surface area contributed by atoms with Crippen molar-refractivity contribution in [2.75, 3.05) is 6.54 Å². The van der Waals surface area contributed by atoms with E-state index in [0.29, 0.717) is 12.4 Å². The fourth-order valence-electron chi connectivity index (χ4n) is 1.99. The molecule has 0 radical (unpaired) electrons. The van der Waals surface area contributed by atoms with Gasteiger partial charge in [-0.05, 0) is 25.5 Å². The molecule has 3 N–H and O–H groups in total. The molecule has 0 bridgehead atoms. The molecule has 0 amide bonds. The molecule has 0 spiro atoms. The van der Waals surface area contributed by atoms with Crippen LogP contribution < -0.4 is 10.5 Å². The molecule has 1 unspecified atom stereocenters. The molecule has 0 fully saturated rings. The summed E-state index contributed by atoms with van der Waals surface area (Å²) < 4.78 is 5.84. The Hall–Kier alpha value is -1.84. The third-order valence-corrected chi connectivity index (χ3v) is 3.38. The fourth-order valence-corrected chi connectivity index (χ4v) is 1.99. The number of hydrogen-bond donors (Lipinski definition) is 2.